The second kappa shape index (κ2) is 4.93. The molecule has 1 aromatic rings. The van der Waals surface area contributed by atoms with Gasteiger partial charge in [0.15, 0.2) is 9.84 Å². The highest BCUT2D eigenvalue weighted by atomic mass is 32.2. The van der Waals surface area contributed by atoms with Crippen LogP contribution in [-0.4, -0.2) is 26.0 Å². The third-order valence-electron chi connectivity index (χ3n) is 2.61. The molecule has 0 radical (unpaired) electrons. The third-order valence-corrected chi connectivity index (χ3v) is 4.24. The SMILES string of the molecule is NC(=O)C(=O)NNC1=CCS(=O)(=O)c2ccc(F)cc21. The molecule has 0 aromatic heterocycles. The van der Waals surface area contributed by atoms with Crippen LogP contribution in [0.1, 0.15) is 5.56 Å². The molecule has 0 aliphatic carbocycles. The van der Waals surface area contributed by atoms with Crippen LogP contribution in [-0.2, 0) is 19.4 Å². The quantitative estimate of drug-likeness (QED) is 0.370. The Morgan fingerprint density at radius 2 is 2.00 bits per heavy atom. The highest BCUT2D eigenvalue weighted by molar-refractivity contribution is 7.91. The van der Waals surface area contributed by atoms with E-state index in [4.69, 9.17) is 5.73 Å². The number of hydrogen-bond donors (Lipinski definition) is 3. The first kappa shape index (κ1) is 14.0. The number of hydrazine groups is 1. The van der Waals surface area contributed by atoms with E-state index in [2.05, 4.69) is 5.43 Å². The van der Waals surface area contributed by atoms with Crippen molar-refractivity contribution in [3.8, 4) is 0 Å². The Hall–Kier alpha value is -2.42. The van der Waals surface area contributed by atoms with Crippen molar-refractivity contribution in [2.45, 2.75) is 4.90 Å². The van der Waals surface area contributed by atoms with E-state index in [1.165, 1.54) is 6.08 Å². The lowest BCUT2D eigenvalue weighted by molar-refractivity contribution is -0.137. The van der Waals surface area contributed by atoms with Gasteiger partial charge in [-0.15, -0.1) is 0 Å². The Balaban J connectivity index is 2.34. The summed E-state index contributed by atoms with van der Waals surface area (Å²) in [5.41, 5.74) is 9.33. The van der Waals surface area contributed by atoms with Crippen molar-refractivity contribution in [3.63, 3.8) is 0 Å². The summed E-state index contributed by atoms with van der Waals surface area (Å²) in [6, 6.07) is 3.19. The van der Waals surface area contributed by atoms with Gasteiger partial charge >= 0.3 is 11.8 Å². The summed E-state index contributed by atoms with van der Waals surface area (Å²) in [7, 11) is -3.53. The van der Waals surface area contributed by atoms with Crippen molar-refractivity contribution in [3.05, 3.63) is 35.7 Å². The minimum Gasteiger partial charge on any atom is -0.361 e. The van der Waals surface area contributed by atoms with Gasteiger partial charge in [0, 0.05) is 5.56 Å². The van der Waals surface area contributed by atoms with E-state index in [9.17, 15) is 22.4 Å². The molecular formula is C11H10FN3O4S. The first-order chi connectivity index (χ1) is 9.31. The lowest BCUT2D eigenvalue weighted by atomic mass is 10.1. The summed E-state index contributed by atoms with van der Waals surface area (Å²) in [6.07, 6.45) is 1.26. The van der Waals surface area contributed by atoms with Gasteiger partial charge in [-0.1, -0.05) is 0 Å². The first-order valence-electron chi connectivity index (χ1n) is 5.40. The van der Waals surface area contributed by atoms with Crippen molar-refractivity contribution < 1.29 is 22.4 Å². The van der Waals surface area contributed by atoms with Gasteiger partial charge in [-0.3, -0.25) is 20.4 Å². The predicted octanol–water partition coefficient (Wildman–Crippen LogP) is -0.940. The highest BCUT2D eigenvalue weighted by Gasteiger charge is 2.25. The lowest BCUT2D eigenvalue weighted by Gasteiger charge is -2.19. The van der Waals surface area contributed by atoms with E-state index < -0.39 is 27.5 Å². The molecule has 7 nitrogen and oxygen atoms in total. The molecule has 1 heterocycles. The summed E-state index contributed by atoms with van der Waals surface area (Å²) in [4.78, 5) is 21.5. The molecule has 0 saturated carbocycles. The number of fused-ring (bicyclic) bond motifs is 1. The standard InChI is InChI=1S/C11H10FN3O4S/c12-6-1-2-9-7(5-6)8(3-4-20(9,18)19)14-15-11(17)10(13)16/h1-3,5,14H,4H2,(H2,13,16)(H,15,17). The van der Waals surface area contributed by atoms with Crippen molar-refractivity contribution in [1.82, 2.24) is 10.9 Å². The van der Waals surface area contributed by atoms with Gasteiger partial charge in [-0.2, -0.15) is 0 Å². The zero-order chi connectivity index (χ0) is 14.9. The molecule has 2 rings (SSSR count). The summed E-state index contributed by atoms with van der Waals surface area (Å²) >= 11 is 0. The molecule has 20 heavy (non-hydrogen) atoms. The fourth-order valence-electron chi connectivity index (χ4n) is 1.68. The molecular weight excluding hydrogens is 289 g/mol. The second-order valence-electron chi connectivity index (χ2n) is 3.98. The van der Waals surface area contributed by atoms with Crippen LogP contribution in [0.15, 0.2) is 29.2 Å². The Morgan fingerprint density at radius 1 is 1.30 bits per heavy atom. The number of amides is 2. The molecule has 2 amide bonds. The number of halogens is 1. The van der Waals surface area contributed by atoms with Crippen LogP contribution in [0.25, 0.3) is 5.70 Å². The average Bonchev–Trinajstić information content (AvgIpc) is 2.37. The van der Waals surface area contributed by atoms with Gasteiger partial charge in [-0.25, -0.2) is 12.8 Å². The highest BCUT2D eigenvalue weighted by Crippen LogP contribution is 2.28. The Labute approximate surface area is 113 Å². The number of sulfone groups is 1. The predicted molar refractivity (Wildman–Crippen MR) is 66.9 cm³/mol. The van der Waals surface area contributed by atoms with Crippen LogP contribution in [0.5, 0.6) is 0 Å². The molecule has 1 aromatic carbocycles. The Bertz CT molecular complexity index is 727. The zero-order valence-electron chi connectivity index (χ0n) is 10.0. The zero-order valence-corrected chi connectivity index (χ0v) is 10.8. The minimum absolute atomic E-state index is 0.0581. The maximum absolute atomic E-state index is 13.2. The normalized spacial score (nSPS) is 15.8. The number of nitrogens with two attached hydrogens (primary N) is 1. The lowest BCUT2D eigenvalue weighted by Crippen LogP contribution is -2.44. The smallest absolute Gasteiger partial charge is 0.327 e. The monoisotopic (exact) mass is 299 g/mol. The molecule has 0 atom stereocenters. The molecule has 4 N–H and O–H groups in total. The van der Waals surface area contributed by atoms with E-state index in [0.717, 1.165) is 18.2 Å². The molecule has 0 fully saturated rings. The summed E-state index contributed by atoms with van der Waals surface area (Å²) in [6.45, 7) is 0. The molecule has 9 heteroatoms. The summed E-state index contributed by atoms with van der Waals surface area (Å²) in [5.74, 6) is -3.24. The molecule has 1 aliphatic rings. The van der Waals surface area contributed by atoms with Gasteiger partial charge in [0.2, 0.25) is 0 Å². The maximum Gasteiger partial charge on any atom is 0.327 e. The maximum atomic E-state index is 13.2. The second-order valence-corrected chi connectivity index (χ2v) is 5.99. The fraction of sp³-hybridized carbons (Fsp3) is 0.0909. The van der Waals surface area contributed by atoms with Gasteiger partial charge < -0.3 is 5.73 Å². The van der Waals surface area contributed by atoms with E-state index in [1.54, 1.807) is 0 Å². The van der Waals surface area contributed by atoms with E-state index in [0.29, 0.717) is 0 Å². The summed E-state index contributed by atoms with van der Waals surface area (Å²) in [5, 5.41) is 0. The van der Waals surface area contributed by atoms with Crippen LogP contribution < -0.4 is 16.6 Å². The molecule has 0 unspecified atom stereocenters. The van der Waals surface area contributed by atoms with Gasteiger partial charge in [-0.05, 0) is 24.3 Å². The van der Waals surface area contributed by atoms with Gasteiger partial charge in [0.1, 0.15) is 5.82 Å². The number of hydrogen-bond acceptors (Lipinski definition) is 5. The molecule has 0 spiro atoms. The van der Waals surface area contributed by atoms with Crippen LogP contribution in [0.3, 0.4) is 0 Å². The van der Waals surface area contributed by atoms with Crippen molar-refractivity contribution >= 4 is 27.3 Å². The Morgan fingerprint density at radius 3 is 2.65 bits per heavy atom. The molecule has 106 valence electrons. The third kappa shape index (κ3) is 2.62. The van der Waals surface area contributed by atoms with Crippen LogP contribution in [0, 0.1) is 5.82 Å². The molecule has 0 bridgehead atoms. The summed E-state index contributed by atoms with van der Waals surface area (Å²) < 4.78 is 36.9. The van der Waals surface area contributed by atoms with Gasteiger partial charge in [0.25, 0.3) is 0 Å². The number of rotatable bonds is 2. The minimum atomic E-state index is -3.53. The average molecular weight is 299 g/mol. The van der Waals surface area contributed by atoms with E-state index in [-0.39, 0.29) is 21.9 Å². The number of carbonyl (C=O) groups is 2. The van der Waals surface area contributed by atoms with E-state index in [1.807, 2.05) is 5.43 Å². The number of nitrogens with one attached hydrogen (secondary N) is 2. The van der Waals surface area contributed by atoms with Crippen LogP contribution in [0.4, 0.5) is 4.39 Å². The van der Waals surface area contributed by atoms with E-state index >= 15 is 0 Å². The van der Waals surface area contributed by atoms with Crippen LogP contribution in [0.2, 0.25) is 0 Å². The van der Waals surface area contributed by atoms with Crippen molar-refractivity contribution in [2.24, 2.45) is 5.73 Å². The number of benzene rings is 1. The van der Waals surface area contributed by atoms with Gasteiger partial charge in [0.05, 0.1) is 16.3 Å². The largest absolute Gasteiger partial charge is 0.361 e. The number of carbonyl (C=O) groups excluding carboxylic acids is 2. The van der Waals surface area contributed by atoms with Crippen molar-refractivity contribution in [1.29, 1.82) is 0 Å². The number of primary amides is 1. The molecule has 1 aliphatic heterocycles. The first-order valence-corrected chi connectivity index (χ1v) is 7.05. The fourth-order valence-corrected chi connectivity index (χ4v) is 3.03. The van der Waals surface area contributed by atoms with Crippen molar-refractivity contribution in [2.75, 3.05) is 5.75 Å². The topological polar surface area (TPSA) is 118 Å². The van der Waals surface area contributed by atoms with Crippen LogP contribution >= 0.6 is 0 Å². The Kier molecular flexibility index (Phi) is 3.45. The molecule has 0 saturated heterocycles.